The second kappa shape index (κ2) is 5.21. The molecule has 1 aromatic rings. The molecule has 0 unspecified atom stereocenters. The van der Waals surface area contributed by atoms with E-state index in [1.807, 2.05) is 6.07 Å². The third-order valence-electron chi connectivity index (χ3n) is 5.01. The zero-order valence-electron chi connectivity index (χ0n) is 11.3. The lowest BCUT2D eigenvalue weighted by Gasteiger charge is -2.27. The molecule has 2 saturated carbocycles. The van der Waals surface area contributed by atoms with Gasteiger partial charge in [0.2, 0.25) is 5.91 Å². The maximum atomic E-state index is 12.7. The van der Waals surface area contributed by atoms with Gasteiger partial charge in [0.25, 0.3) is 0 Å². The highest BCUT2D eigenvalue weighted by Gasteiger charge is 2.67. The number of halogens is 3. The summed E-state index contributed by atoms with van der Waals surface area (Å²) in [6, 6.07) is 5.29. The normalized spacial score (nSPS) is 38.2. The molecule has 0 aromatic heterocycles. The summed E-state index contributed by atoms with van der Waals surface area (Å²) >= 11 is 13.1. The van der Waals surface area contributed by atoms with Crippen LogP contribution in [0.4, 0.5) is 5.69 Å². The quantitative estimate of drug-likeness (QED) is 0.554. The van der Waals surface area contributed by atoms with E-state index in [9.17, 15) is 9.59 Å². The predicted octanol–water partition coefficient (Wildman–Crippen LogP) is 3.61. The first-order valence-electron chi connectivity index (χ1n) is 7.08. The summed E-state index contributed by atoms with van der Waals surface area (Å²) in [5.74, 6) is -0.734. The molecule has 6 atom stereocenters. The number of amides is 1. The Morgan fingerprint density at radius 2 is 2.14 bits per heavy atom. The second-order valence-electron chi connectivity index (χ2n) is 6.07. The lowest BCUT2D eigenvalue weighted by molar-refractivity contribution is -0.145. The lowest BCUT2D eigenvalue weighted by Crippen LogP contribution is -2.40. The number of nitrogens with one attached hydrogen (secondary N) is 1. The van der Waals surface area contributed by atoms with Gasteiger partial charge in [-0.1, -0.05) is 43.5 Å². The van der Waals surface area contributed by atoms with Crippen molar-refractivity contribution < 1.29 is 14.3 Å². The molecule has 7 heteroatoms. The molecule has 1 heterocycles. The van der Waals surface area contributed by atoms with Crippen molar-refractivity contribution in [1.29, 1.82) is 0 Å². The molecule has 1 N–H and O–H groups in total. The van der Waals surface area contributed by atoms with Crippen LogP contribution in [0, 0.1) is 23.7 Å². The van der Waals surface area contributed by atoms with Gasteiger partial charge in [-0.05, 0) is 30.5 Å². The summed E-state index contributed by atoms with van der Waals surface area (Å²) in [5.41, 5.74) is 0.562. The Morgan fingerprint density at radius 1 is 1.36 bits per heavy atom. The Kier molecular flexibility index (Phi) is 3.55. The summed E-state index contributed by atoms with van der Waals surface area (Å²) in [7, 11) is 0. The molecule has 22 heavy (non-hydrogen) atoms. The maximum Gasteiger partial charge on any atom is 0.310 e. The molecule has 1 aromatic carbocycles. The number of hydrogen-bond donors (Lipinski definition) is 1. The molecule has 1 amide bonds. The van der Waals surface area contributed by atoms with Crippen LogP contribution in [-0.2, 0) is 14.3 Å². The van der Waals surface area contributed by atoms with Gasteiger partial charge < -0.3 is 10.1 Å². The van der Waals surface area contributed by atoms with Gasteiger partial charge in [-0.15, -0.1) is 0 Å². The Bertz CT molecular complexity index is 683. The smallest absolute Gasteiger partial charge is 0.310 e. The molecule has 0 radical (unpaired) electrons. The number of benzene rings is 1. The van der Waals surface area contributed by atoms with Crippen molar-refractivity contribution in [3.05, 3.63) is 27.7 Å². The molecule has 116 valence electrons. The molecule has 0 spiro atoms. The summed E-state index contributed by atoms with van der Waals surface area (Å²) < 4.78 is 6.27. The van der Waals surface area contributed by atoms with Crippen LogP contribution in [0.2, 0.25) is 5.02 Å². The molecule has 2 bridgehead atoms. The van der Waals surface area contributed by atoms with Crippen molar-refractivity contribution >= 4 is 61.0 Å². The van der Waals surface area contributed by atoms with Crippen molar-refractivity contribution in [2.75, 3.05) is 5.32 Å². The van der Waals surface area contributed by atoms with Gasteiger partial charge in [0.1, 0.15) is 6.10 Å². The SMILES string of the molecule is O=C(Nc1ccc(Br)cc1Cl)[C@@H]1[C@H]2C[C@H]3[C@H](OC(=O)[C@@H]31)[C@H]2Br. The van der Waals surface area contributed by atoms with Gasteiger partial charge >= 0.3 is 5.97 Å². The van der Waals surface area contributed by atoms with Gasteiger partial charge in [0.05, 0.1) is 27.4 Å². The van der Waals surface area contributed by atoms with E-state index in [4.69, 9.17) is 16.3 Å². The monoisotopic (exact) mass is 447 g/mol. The van der Waals surface area contributed by atoms with E-state index >= 15 is 0 Å². The highest BCUT2D eigenvalue weighted by Crippen LogP contribution is 2.60. The highest BCUT2D eigenvalue weighted by atomic mass is 79.9. The standard InChI is InChI=1S/C15H12Br2ClNO3/c16-5-1-2-9(8(18)3-5)19-14(20)10-6-4-7-11(10)15(21)22-13(7)12(6)17/h1-3,6-7,10-13H,4H2,(H,19,20)/t6-,7-,10-,11+,12+,13+/m1/s1. The van der Waals surface area contributed by atoms with Gasteiger partial charge in [-0.2, -0.15) is 0 Å². The zero-order chi connectivity index (χ0) is 15.6. The largest absolute Gasteiger partial charge is 0.461 e. The molecule has 2 aliphatic carbocycles. The fourth-order valence-corrected chi connectivity index (χ4v) is 5.90. The predicted molar refractivity (Wildman–Crippen MR) is 89.0 cm³/mol. The summed E-state index contributed by atoms with van der Waals surface area (Å²) in [6.07, 6.45) is 0.797. The molecule has 4 rings (SSSR count). The third-order valence-corrected chi connectivity index (χ3v) is 7.02. The van der Waals surface area contributed by atoms with E-state index in [1.165, 1.54) is 0 Å². The number of anilines is 1. The Labute approximate surface area is 149 Å². The maximum absolute atomic E-state index is 12.7. The average Bonchev–Trinajstić information content (AvgIpc) is 3.06. The zero-order valence-corrected chi connectivity index (χ0v) is 15.2. The minimum atomic E-state index is -0.347. The summed E-state index contributed by atoms with van der Waals surface area (Å²) in [4.78, 5) is 24.8. The van der Waals surface area contributed by atoms with Crippen LogP contribution in [0.15, 0.2) is 22.7 Å². The van der Waals surface area contributed by atoms with E-state index in [-0.39, 0.29) is 46.5 Å². The summed E-state index contributed by atoms with van der Waals surface area (Å²) in [6.45, 7) is 0. The molecule has 1 aliphatic heterocycles. The van der Waals surface area contributed by atoms with Crippen LogP contribution in [-0.4, -0.2) is 22.8 Å². The minimum Gasteiger partial charge on any atom is -0.461 e. The van der Waals surface area contributed by atoms with E-state index in [0.717, 1.165) is 10.9 Å². The molecule has 3 aliphatic rings. The van der Waals surface area contributed by atoms with Crippen LogP contribution in [0.3, 0.4) is 0 Å². The Hall–Kier alpha value is -0.590. The number of alkyl halides is 1. The molecule has 3 fully saturated rings. The van der Waals surface area contributed by atoms with E-state index in [2.05, 4.69) is 37.2 Å². The number of carbonyl (C=O) groups is 2. The Balaban J connectivity index is 1.59. The number of carbonyl (C=O) groups excluding carboxylic acids is 2. The summed E-state index contributed by atoms with van der Waals surface area (Å²) in [5, 5.41) is 3.33. The molecular formula is C15H12Br2ClNO3. The average molecular weight is 450 g/mol. The van der Waals surface area contributed by atoms with E-state index in [0.29, 0.717) is 10.7 Å². The van der Waals surface area contributed by atoms with Gasteiger partial charge in [-0.25, -0.2) is 0 Å². The van der Waals surface area contributed by atoms with Crippen LogP contribution in [0.1, 0.15) is 6.42 Å². The third kappa shape index (κ3) is 2.07. The first-order valence-corrected chi connectivity index (χ1v) is 9.16. The van der Waals surface area contributed by atoms with E-state index < -0.39 is 0 Å². The molecule has 1 saturated heterocycles. The number of rotatable bonds is 2. The Morgan fingerprint density at radius 3 is 2.86 bits per heavy atom. The lowest BCUT2D eigenvalue weighted by atomic mass is 9.79. The topological polar surface area (TPSA) is 55.4 Å². The molecular weight excluding hydrogens is 437 g/mol. The first kappa shape index (κ1) is 15.0. The number of fused-ring (bicyclic) bond motifs is 1. The van der Waals surface area contributed by atoms with Crippen molar-refractivity contribution in [1.82, 2.24) is 0 Å². The van der Waals surface area contributed by atoms with Crippen molar-refractivity contribution in [2.45, 2.75) is 17.4 Å². The van der Waals surface area contributed by atoms with Crippen molar-refractivity contribution in [2.24, 2.45) is 23.7 Å². The fourth-order valence-electron chi connectivity index (χ4n) is 4.14. The first-order chi connectivity index (χ1) is 10.5. The van der Waals surface area contributed by atoms with Crippen molar-refractivity contribution in [3.8, 4) is 0 Å². The highest BCUT2D eigenvalue weighted by molar-refractivity contribution is 9.10. The van der Waals surface area contributed by atoms with E-state index in [1.54, 1.807) is 12.1 Å². The van der Waals surface area contributed by atoms with Crippen LogP contribution >= 0.6 is 43.5 Å². The van der Waals surface area contributed by atoms with Crippen LogP contribution < -0.4 is 5.32 Å². The van der Waals surface area contributed by atoms with Crippen LogP contribution in [0.25, 0.3) is 0 Å². The number of hydrogen-bond acceptors (Lipinski definition) is 3. The second-order valence-corrected chi connectivity index (χ2v) is 8.45. The van der Waals surface area contributed by atoms with Crippen LogP contribution in [0.5, 0.6) is 0 Å². The van der Waals surface area contributed by atoms with Gasteiger partial charge in [-0.3, -0.25) is 9.59 Å². The minimum absolute atomic E-state index is 0.0661. The fraction of sp³-hybridized carbons (Fsp3) is 0.467. The van der Waals surface area contributed by atoms with Crippen molar-refractivity contribution in [3.63, 3.8) is 0 Å². The number of ether oxygens (including phenoxy) is 1. The van der Waals surface area contributed by atoms with Gasteiger partial charge in [0.15, 0.2) is 0 Å². The van der Waals surface area contributed by atoms with Gasteiger partial charge in [0, 0.05) is 10.4 Å². The molecule has 4 nitrogen and oxygen atoms in total. The number of esters is 1.